The normalized spacial score (nSPS) is 14.3. The molecule has 144 valence electrons. The lowest BCUT2D eigenvalue weighted by molar-refractivity contribution is 0.483. The number of nitrogen functional groups attached to an aromatic ring is 1. The third kappa shape index (κ3) is 3.51. The van der Waals surface area contributed by atoms with Crippen LogP contribution in [0.4, 0.5) is 5.82 Å². The van der Waals surface area contributed by atoms with Gasteiger partial charge in [0.05, 0.1) is 17.6 Å². The zero-order valence-corrected chi connectivity index (χ0v) is 16.1. The fourth-order valence-electron chi connectivity index (χ4n) is 4.10. The summed E-state index contributed by atoms with van der Waals surface area (Å²) in [5.74, 6) is 2.53. The summed E-state index contributed by atoms with van der Waals surface area (Å²) in [6.07, 6.45) is 6.62. The summed E-state index contributed by atoms with van der Waals surface area (Å²) in [6.45, 7) is 0. The number of nitrogens with zero attached hydrogens (tertiary/aromatic N) is 3. The van der Waals surface area contributed by atoms with E-state index in [1.165, 1.54) is 12.8 Å². The second-order valence-electron chi connectivity index (χ2n) is 7.50. The van der Waals surface area contributed by atoms with Crippen LogP contribution in [0, 0.1) is 0 Å². The molecule has 0 saturated heterocycles. The molecular weight excluding hydrogens is 360 g/mol. The lowest BCUT2D eigenvalue weighted by atomic mass is 9.97. The van der Waals surface area contributed by atoms with Gasteiger partial charge in [0.1, 0.15) is 11.5 Å². The molecule has 2 heterocycles. The number of rotatable bonds is 4. The molecule has 1 saturated carbocycles. The molecular formula is C24H22N4O. The maximum absolute atomic E-state index is 6.16. The van der Waals surface area contributed by atoms with Gasteiger partial charge in [0, 0.05) is 22.3 Å². The Kier molecular flexibility index (Phi) is 4.56. The topological polar surface area (TPSA) is 73.9 Å². The van der Waals surface area contributed by atoms with Crippen LogP contribution in [0.3, 0.4) is 0 Å². The molecule has 0 unspecified atom stereocenters. The molecule has 0 amide bonds. The van der Waals surface area contributed by atoms with Crippen molar-refractivity contribution < 1.29 is 4.74 Å². The molecule has 4 aromatic rings. The number of aromatic nitrogens is 3. The molecule has 1 fully saturated rings. The van der Waals surface area contributed by atoms with Gasteiger partial charge in [0.25, 0.3) is 0 Å². The molecule has 2 aromatic heterocycles. The number of hydrogen-bond donors (Lipinski definition) is 1. The quantitative estimate of drug-likeness (QED) is 0.488. The first-order valence-corrected chi connectivity index (χ1v) is 10.0. The van der Waals surface area contributed by atoms with E-state index in [4.69, 9.17) is 15.5 Å². The van der Waals surface area contributed by atoms with Crippen molar-refractivity contribution in [3.05, 3.63) is 72.6 Å². The summed E-state index contributed by atoms with van der Waals surface area (Å²) in [6, 6.07) is 19.8. The van der Waals surface area contributed by atoms with Crippen LogP contribution in [0.2, 0.25) is 0 Å². The minimum atomic E-state index is 0.453. The van der Waals surface area contributed by atoms with Crippen LogP contribution in [0.15, 0.2) is 66.9 Å². The van der Waals surface area contributed by atoms with Crippen LogP contribution in [0.25, 0.3) is 22.0 Å². The first kappa shape index (κ1) is 17.6. The van der Waals surface area contributed by atoms with E-state index in [9.17, 15) is 0 Å². The van der Waals surface area contributed by atoms with Crippen molar-refractivity contribution in [3.63, 3.8) is 0 Å². The van der Waals surface area contributed by atoms with Crippen LogP contribution in [0.5, 0.6) is 11.5 Å². The number of para-hydroxylation sites is 1. The third-order valence-corrected chi connectivity index (χ3v) is 5.59. The van der Waals surface area contributed by atoms with Gasteiger partial charge in [-0.1, -0.05) is 31.0 Å². The van der Waals surface area contributed by atoms with E-state index < -0.39 is 0 Å². The Hall–Kier alpha value is -3.47. The van der Waals surface area contributed by atoms with Gasteiger partial charge in [-0.15, -0.1) is 5.10 Å². The highest BCUT2D eigenvalue weighted by Crippen LogP contribution is 2.38. The van der Waals surface area contributed by atoms with E-state index in [0.717, 1.165) is 52.1 Å². The molecule has 0 atom stereocenters. The molecule has 2 N–H and O–H groups in total. The smallest absolute Gasteiger partial charge is 0.154 e. The molecule has 5 rings (SSSR count). The number of anilines is 1. The monoisotopic (exact) mass is 382 g/mol. The predicted molar refractivity (Wildman–Crippen MR) is 115 cm³/mol. The van der Waals surface area contributed by atoms with E-state index in [2.05, 4.69) is 10.2 Å². The number of fused-ring (bicyclic) bond motifs is 1. The van der Waals surface area contributed by atoms with Crippen LogP contribution in [0.1, 0.15) is 37.3 Å². The second kappa shape index (κ2) is 7.51. The van der Waals surface area contributed by atoms with Crippen LogP contribution in [-0.4, -0.2) is 15.2 Å². The van der Waals surface area contributed by atoms with Crippen LogP contribution >= 0.6 is 0 Å². The minimum Gasteiger partial charge on any atom is -0.457 e. The fourth-order valence-corrected chi connectivity index (χ4v) is 4.10. The average Bonchev–Trinajstić information content (AvgIpc) is 3.30. The van der Waals surface area contributed by atoms with Crippen LogP contribution in [-0.2, 0) is 0 Å². The molecule has 0 bridgehead atoms. The molecule has 29 heavy (non-hydrogen) atoms. The maximum atomic E-state index is 6.16. The zero-order valence-electron chi connectivity index (χ0n) is 16.1. The number of pyridine rings is 1. The largest absolute Gasteiger partial charge is 0.457 e. The highest BCUT2D eigenvalue weighted by molar-refractivity contribution is 5.94. The van der Waals surface area contributed by atoms with Crippen molar-refractivity contribution in [2.75, 3.05) is 5.73 Å². The molecule has 2 aromatic carbocycles. The average molecular weight is 382 g/mol. The van der Waals surface area contributed by atoms with Crippen molar-refractivity contribution in [3.8, 4) is 22.8 Å². The SMILES string of the molecule is Nc1nncc2c(C3CCCC3)nc(-c3ccc(Oc4ccccc4)cc3)cc12. The van der Waals surface area contributed by atoms with Gasteiger partial charge < -0.3 is 10.5 Å². The van der Waals surface area contributed by atoms with Gasteiger partial charge >= 0.3 is 0 Å². The first-order chi connectivity index (χ1) is 14.3. The van der Waals surface area contributed by atoms with Gasteiger partial charge in [0.15, 0.2) is 5.82 Å². The van der Waals surface area contributed by atoms with Gasteiger partial charge in [-0.25, -0.2) is 0 Å². The minimum absolute atomic E-state index is 0.453. The lowest BCUT2D eigenvalue weighted by Crippen LogP contribution is -2.03. The predicted octanol–water partition coefficient (Wildman–Crippen LogP) is 5.72. The molecule has 1 aliphatic rings. The summed E-state index contributed by atoms with van der Waals surface area (Å²) in [5, 5.41) is 10.1. The second-order valence-corrected chi connectivity index (χ2v) is 7.50. The fraction of sp³-hybridized carbons (Fsp3) is 0.208. The highest BCUT2D eigenvalue weighted by Gasteiger charge is 2.22. The Labute approximate surface area is 169 Å². The zero-order chi connectivity index (χ0) is 19.6. The van der Waals surface area contributed by atoms with Crippen molar-refractivity contribution >= 4 is 16.6 Å². The molecule has 0 radical (unpaired) electrons. The standard InChI is InChI=1S/C24H22N4O/c25-24-20-14-22(27-23(17-6-4-5-7-17)21(20)15-26-28-24)16-10-12-19(13-11-16)29-18-8-2-1-3-9-18/h1-3,8-15,17H,4-7H2,(H2,25,28). The molecule has 0 aliphatic heterocycles. The summed E-state index contributed by atoms with van der Waals surface area (Å²) < 4.78 is 5.90. The number of benzene rings is 2. The van der Waals surface area contributed by atoms with E-state index >= 15 is 0 Å². The van der Waals surface area contributed by atoms with Crippen molar-refractivity contribution in [2.24, 2.45) is 0 Å². The van der Waals surface area contributed by atoms with Crippen molar-refractivity contribution in [1.29, 1.82) is 0 Å². The lowest BCUT2D eigenvalue weighted by Gasteiger charge is -2.15. The Bertz CT molecular complexity index is 1140. The summed E-state index contributed by atoms with van der Waals surface area (Å²) in [4.78, 5) is 5.04. The number of ether oxygens (including phenoxy) is 1. The number of hydrogen-bond acceptors (Lipinski definition) is 5. The highest BCUT2D eigenvalue weighted by atomic mass is 16.5. The van der Waals surface area contributed by atoms with E-state index in [1.807, 2.05) is 60.7 Å². The summed E-state index contributed by atoms with van der Waals surface area (Å²) >= 11 is 0. The first-order valence-electron chi connectivity index (χ1n) is 10.0. The summed E-state index contributed by atoms with van der Waals surface area (Å²) in [7, 11) is 0. The molecule has 5 heteroatoms. The van der Waals surface area contributed by atoms with Gasteiger partial charge in [0.2, 0.25) is 0 Å². The van der Waals surface area contributed by atoms with E-state index in [0.29, 0.717) is 11.7 Å². The van der Waals surface area contributed by atoms with Gasteiger partial charge in [-0.2, -0.15) is 5.10 Å². The maximum Gasteiger partial charge on any atom is 0.154 e. The molecule has 1 aliphatic carbocycles. The van der Waals surface area contributed by atoms with Gasteiger partial charge in [-0.3, -0.25) is 4.98 Å². The Balaban J connectivity index is 1.53. The van der Waals surface area contributed by atoms with E-state index in [1.54, 1.807) is 6.20 Å². The van der Waals surface area contributed by atoms with Crippen molar-refractivity contribution in [2.45, 2.75) is 31.6 Å². The molecule has 0 spiro atoms. The number of nitrogens with two attached hydrogens (primary N) is 1. The van der Waals surface area contributed by atoms with Crippen molar-refractivity contribution in [1.82, 2.24) is 15.2 Å². The molecule has 5 nitrogen and oxygen atoms in total. The van der Waals surface area contributed by atoms with Crippen LogP contribution < -0.4 is 10.5 Å². The Morgan fingerprint density at radius 3 is 2.34 bits per heavy atom. The Morgan fingerprint density at radius 1 is 0.862 bits per heavy atom. The summed E-state index contributed by atoms with van der Waals surface area (Å²) in [5.41, 5.74) is 9.20. The Morgan fingerprint density at radius 2 is 1.59 bits per heavy atom. The third-order valence-electron chi connectivity index (χ3n) is 5.59. The van der Waals surface area contributed by atoms with E-state index in [-0.39, 0.29) is 0 Å². The van der Waals surface area contributed by atoms with Gasteiger partial charge in [-0.05, 0) is 55.3 Å².